The average molecular weight is 384 g/mol. The zero-order chi connectivity index (χ0) is 20.5. The minimum absolute atomic E-state index is 0.358. The SMILES string of the molecule is CCNC(=O)NC(=O)C(OC(=O)COc1c(C)cccc1C)c1ccccc1. The maximum Gasteiger partial charge on any atom is 0.345 e. The molecule has 0 fully saturated rings. The Morgan fingerprint density at radius 1 is 0.964 bits per heavy atom. The van der Waals surface area contributed by atoms with Gasteiger partial charge in [-0.15, -0.1) is 0 Å². The molecule has 148 valence electrons. The van der Waals surface area contributed by atoms with Gasteiger partial charge in [-0.25, -0.2) is 9.59 Å². The quantitative estimate of drug-likeness (QED) is 0.716. The van der Waals surface area contributed by atoms with Crippen LogP contribution in [0.1, 0.15) is 29.7 Å². The molecule has 0 bridgehead atoms. The van der Waals surface area contributed by atoms with Crippen LogP contribution in [-0.2, 0) is 14.3 Å². The number of urea groups is 1. The van der Waals surface area contributed by atoms with Gasteiger partial charge in [-0.05, 0) is 31.9 Å². The Morgan fingerprint density at radius 3 is 2.21 bits per heavy atom. The number of ether oxygens (including phenoxy) is 2. The fourth-order valence-electron chi connectivity index (χ4n) is 2.61. The molecule has 7 nitrogen and oxygen atoms in total. The number of amides is 3. The number of carbonyl (C=O) groups is 3. The van der Waals surface area contributed by atoms with Crippen LogP contribution in [0.5, 0.6) is 5.75 Å². The van der Waals surface area contributed by atoms with E-state index in [1.165, 1.54) is 0 Å². The van der Waals surface area contributed by atoms with Gasteiger partial charge in [0.2, 0.25) is 6.10 Å². The topological polar surface area (TPSA) is 93.7 Å². The summed E-state index contributed by atoms with van der Waals surface area (Å²) in [6.07, 6.45) is -1.27. The third-order valence-corrected chi connectivity index (χ3v) is 3.91. The molecule has 0 spiro atoms. The van der Waals surface area contributed by atoms with Crippen LogP contribution >= 0.6 is 0 Å². The predicted octanol–water partition coefficient (Wildman–Crippen LogP) is 2.81. The molecule has 2 rings (SSSR count). The van der Waals surface area contributed by atoms with Gasteiger partial charge in [-0.2, -0.15) is 0 Å². The van der Waals surface area contributed by atoms with Crippen LogP contribution in [0.25, 0.3) is 0 Å². The highest BCUT2D eigenvalue weighted by Crippen LogP contribution is 2.23. The zero-order valence-corrected chi connectivity index (χ0v) is 16.2. The molecule has 0 radical (unpaired) electrons. The Bertz CT molecular complexity index is 816. The number of hydrogen-bond acceptors (Lipinski definition) is 5. The maximum atomic E-state index is 12.5. The molecular weight excluding hydrogens is 360 g/mol. The van der Waals surface area contributed by atoms with E-state index in [2.05, 4.69) is 10.6 Å². The van der Waals surface area contributed by atoms with E-state index in [0.717, 1.165) is 11.1 Å². The Labute approximate surface area is 164 Å². The minimum atomic E-state index is -1.27. The van der Waals surface area contributed by atoms with Crippen molar-refractivity contribution >= 4 is 17.9 Å². The summed E-state index contributed by atoms with van der Waals surface area (Å²) in [4.78, 5) is 36.4. The van der Waals surface area contributed by atoms with Crippen molar-refractivity contribution in [1.82, 2.24) is 10.6 Å². The number of benzene rings is 2. The molecule has 0 aromatic heterocycles. The first-order chi connectivity index (χ1) is 13.4. The minimum Gasteiger partial charge on any atom is -0.481 e. The Kier molecular flexibility index (Phi) is 7.56. The first-order valence-electron chi connectivity index (χ1n) is 8.94. The van der Waals surface area contributed by atoms with Gasteiger partial charge in [0.1, 0.15) is 5.75 Å². The lowest BCUT2D eigenvalue weighted by Gasteiger charge is -2.18. The monoisotopic (exact) mass is 384 g/mol. The molecule has 1 unspecified atom stereocenters. The molecule has 0 aliphatic heterocycles. The molecule has 0 saturated carbocycles. The average Bonchev–Trinajstić information content (AvgIpc) is 2.66. The molecule has 0 aliphatic rings. The van der Waals surface area contributed by atoms with Crippen LogP contribution in [0.3, 0.4) is 0 Å². The molecule has 3 amide bonds. The van der Waals surface area contributed by atoms with Crippen molar-refractivity contribution in [2.24, 2.45) is 0 Å². The van der Waals surface area contributed by atoms with Crippen molar-refractivity contribution in [3.8, 4) is 5.75 Å². The second kappa shape index (κ2) is 10.1. The van der Waals surface area contributed by atoms with Crippen LogP contribution in [-0.4, -0.2) is 31.1 Å². The Balaban J connectivity index is 2.08. The van der Waals surface area contributed by atoms with Crippen LogP contribution in [0, 0.1) is 13.8 Å². The summed E-state index contributed by atoms with van der Waals surface area (Å²) in [5.74, 6) is -0.859. The Hall–Kier alpha value is -3.35. The fraction of sp³-hybridized carbons (Fsp3) is 0.286. The van der Waals surface area contributed by atoms with E-state index in [0.29, 0.717) is 17.9 Å². The lowest BCUT2D eigenvalue weighted by molar-refractivity contribution is -0.158. The molecule has 7 heteroatoms. The van der Waals surface area contributed by atoms with Gasteiger partial charge < -0.3 is 14.8 Å². The van der Waals surface area contributed by atoms with E-state index in [4.69, 9.17) is 9.47 Å². The number of aryl methyl sites for hydroxylation is 2. The van der Waals surface area contributed by atoms with Crippen LogP contribution in [0.2, 0.25) is 0 Å². The normalized spacial score (nSPS) is 11.2. The van der Waals surface area contributed by atoms with Crippen molar-refractivity contribution in [1.29, 1.82) is 0 Å². The van der Waals surface area contributed by atoms with Crippen molar-refractivity contribution in [3.05, 3.63) is 65.2 Å². The molecule has 2 aromatic carbocycles. The number of rotatable bonds is 7. The van der Waals surface area contributed by atoms with Crippen molar-refractivity contribution in [2.75, 3.05) is 13.2 Å². The number of esters is 1. The van der Waals surface area contributed by atoms with Gasteiger partial charge in [-0.3, -0.25) is 10.1 Å². The lowest BCUT2D eigenvalue weighted by atomic mass is 10.1. The highest BCUT2D eigenvalue weighted by atomic mass is 16.6. The number of para-hydroxylation sites is 1. The van der Waals surface area contributed by atoms with Crippen LogP contribution in [0.15, 0.2) is 48.5 Å². The first kappa shape index (κ1) is 21.0. The van der Waals surface area contributed by atoms with Gasteiger partial charge in [0.15, 0.2) is 6.61 Å². The number of carbonyl (C=O) groups excluding carboxylic acids is 3. The van der Waals surface area contributed by atoms with Gasteiger partial charge >= 0.3 is 12.0 Å². The van der Waals surface area contributed by atoms with E-state index < -0.39 is 24.0 Å². The van der Waals surface area contributed by atoms with E-state index in [1.54, 1.807) is 37.3 Å². The van der Waals surface area contributed by atoms with Crippen molar-refractivity contribution < 1.29 is 23.9 Å². The molecule has 2 N–H and O–H groups in total. The molecule has 0 heterocycles. The van der Waals surface area contributed by atoms with Crippen molar-refractivity contribution in [3.63, 3.8) is 0 Å². The summed E-state index contributed by atoms with van der Waals surface area (Å²) < 4.78 is 10.9. The molecule has 28 heavy (non-hydrogen) atoms. The second-order valence-electron chi connectivity index (χ2n) is 6.14. The molecule has 0 saturated heterocycles. The smallest absolute Gasteiger partial charge is 0.345 e. The van der Waals surface area contributed by atoms with Gasteiger partial charge in [0.25, 0.3) is 5.91 Å². The summed E-state index contributed by atoms with van der Waals surface area (Å²) in [7, 11) is 0. The van der Waals surface area contributed by atoms with Crippen molar-refractivity contribution in [2.45, 2.75) is 26.9 Å². The van der Waals surface area contributed by atoms with Crippen LogP contribution < -0.4 is 15.4 Å². The van der Waals surface area contributed by atoms with E-state index in [-0.39, 0.29) is 6.61 Å². The zero-order valence-electron chi connectivity index (χ0n) is 16.2. The third-order valence-electron chi connectivity index (χ3n) is 3.91. The first-order valence-corrected chi connectivity index (χ1v) is 8.94. The number of nitrogens with one attached hydrogen (secondary N) is 2. The molecule has 1 atom stereocenters. The van der Waals surface area contributed by atoms with E-state index in [9.17, 15) is 14.4 Å². The third kappa shape index (κ3) is 5.84. The Morgan fingerprint density at radius 2 is 1.61 bits per heavy atom. The lowest BCUT2D eigenvalue weighted by Crippen LogP contribution is -2.42. The van der Waals surface area contributed by atoms with E-state index >= 15 is 0 Å². The highest BCUT2D eigenvalue weighted by Gasteiger charge is 2.26. The summed E-state index contributed by atoms with van der Waals surface area (Å²) >= 11 is 0. The largest absolute Gasteiger partial charge is 0.481 e. The predicted molar refractivity (Wildman–Crippen MR) is 104 cm³/mol. The summed E-state index contributed by atoms with van der Waals surface area (Å²) in [5, 5.41) is 4.63. The maximum absolute atomic E-state index is 12.5. The van der Waals surface area contributed by atoms with Gasteiger partial charge in [0.05, 0.1) is 0 Å². The summed E-state index contributed by atoms with van der Waals surface area (Å²) in [6, 6.07) is 13.5. The van der Waals surface area contributed by atoms with Gasteiger partial charge in [-0.1, -0.05) is 48.5 Å². The van der Waals surface area contributed by atoms with Crippen LogP contribution in [0.4, 0.5) is 4.79 Å². The summed E-state index contributed by atoms with van der Waals surface area (Å²) in [6.45, 7) is 5.48. The standard InChI is InChI=1S/C21H24N2O5/c1-4-22-21(26)23-20(25)19(16-11-6-5-7-12-16)28-17(24)13-27-18-14(2)9-8-10-15(18)3/h5-12,19H,4,13H2,1-3H3,(H2,22,23,25,26). The molecule has 0 aliphatic carbocycles. The number of hydrogen-bond donors (Lipinski definition) is 2. The second-order valence-corrected chi connectivity index (χ2v) is 6.14. The molecular formula is C21H24N2O5. The van der Waals surface area contributed by atoms with E-state index in [1.807, 2.05) is 32.0 Å². The highest BCUT2D eigenvalue weighted by molar-refractivity contribution is 5.97. The molecule has 2 aromatic rings. The summed E-state index contributed by atoms with van der Waals surface area (Å²) in [5.41, 5.74) is 2.23. The fourth-order valence-corrected chi connectivity index (χ4v) is 2.61. The number of imide groups is 1. The van der Waals surface area contributed by atoms with Gasteiger partial charge in [0, 0.05) is 12.1 Å².